The molecule has 0 spiro atoms. The Morgan fingerprint density at radius 3 is 2.20 bits per heavy atom. The minimum Gasteiger partial charge on any atom is -0.497 e. The Balaban J connectivity index is 1.74. The van der Waals surface area contributed by atoms with Crippen molar-refractivity contribution >= 4 is 5.91 Å². The molecule has 162 valence electrons. The van der Waals surface area contributed by atoms with E-state index in [1.807, 2.05) is 0 Å². The van der Waals surface area contributed by atoms with Gasteiger partial charge in [0, 0.05) is 25.2 Å². The average molecular weight is 420 g/mol. The number of carbonyl (C=O) groups is 1. The molecule has 0 aromatic heterocycles. The Hall–Kier alpha value is -2.54. The second-order valence-electron chi connectivity index (χ2n) is 7.55. The highest BCUT2D eigenvalue weighted by molar-refractivity contribution is 5.94. The number of piperidine rings is 1. The Kier molecular flexibility index (Phi) is 7.37. The predicted molar refractivity (Wildman–Crippen MR) is 109 cm³/mol. The fourth-order valence-corrected chi connectivity index (χ4v) is 3.63. The minimum atomic E-state index is -4.37. The summed E-state index contributed by atoms with van der Waals surface area (Å²) in [6, 6.07) is 11.9. The fourth-order valence-electron chi connectivity index (χ4n) is 3.63. The quantitative estimate of drug-likeness (QED) is 0.643. The van der Waals surface area contributed by atoms with Crippen LogP contribution in [0.2, 0.25) is 0 Å². The second kappa shape index (κ2) is 9.98. The molecule has 2 aromatic carbocycles. The number of likely N-dealkylation sites (tertiary alicyclic amines) is 1. The van der Waals surface area contributed by atoms with Gasteiger partial charge in [-0.25, -0.2) is 0 Å². The van der Waals surface area contributed by atoms with Crippen LogP contribution in [0.3, 0.4) is 0 Å². The molecule has 1 aliphatic rings. The van der Waals surface area contributed by atoms with Gasteiger partial charge < -0.3 is 14.5 Å². The highest BCUT2D eigenvalue weighted by Gasteiger charge is 2.30. The third-order valence-electron chi connectivity index (χ3n) is 5.41. The number of rotatable bonds is 7. The molecule has 1 amide bonds. The van der Waals surface area contributed by atoms with Crippen molar-refractivity contribution in [3.63, 3.8) is 0 Å². The molecule has 1 heterocycles. The Morgan fingerprint density at radius 1 is 1.00 bits per heavy atom. The van der Waals surface area contributed by atoms with E-state index in [2.05, 4.69) is 4.90 Å². The number of methoxy groups -OCH3 is 1. The highest BCUT2D eigenvalue weighted by Crippen LogP contribution is 2.29. The van der Waals surface area contributed by atoms with Gasteiger partial charge in [0.15, 0.2) is 0 Å². The van der Waals surface area contributed by atoms with Gasteiger partial charge in [-0.2, -0.15) is 13.2 Å². The van der Waals surface area contributed by atoms with Crippen LogP contribution in [0, 0.1) is 0 Å². The Morgan fingerprint density at radius 2 is 1.63 bits per heavy atom. The molecular weight excluding hydrogens is 393 g/mol. The van der Waals surface area contributed by atoms with Gasteiger partial charge in [0.25, 0.3) is 5.91 Å². The van der Waals surface area contributed by atoms with Gasteiger partial charge in [0.05, 0.1) is 12.7 Å². The van der Waals surface area contributed by atoms with Crippen LogP contribution in [-0.4, -0.2) is 49.0 Å². The van der Waals surface area contributed by atoms with Gasteiger partial charge in [-0.05, 0) is 67.9 Å². The molecule has 7 heteroatoms. The predicted octanol–water partition coefficient (Wildman–Crippen LogP) is 4.84. The summed E-state index contributed by atoms with van der Waals surface area (Å²) in [5.41, 5.74) is 0.512. The summed E-state index contributed by atoms with van der Waals surface area (Å²) in [4.78, 5) is 17.2. The summed E-state index contributed by atoms with van der Waals surface area (Å²) in [7, 11) is 1.56. The van der Waals surface area contributed by atoms with Crippen LogP contribution in [0.5, 0.6) is 5.75 Å². The summed E-state index contributed by atoms with van der Waals surface area (Å²) < 4.78 is 43.7. The van der Waals surface area contributed by atoms with Crippen LogP contribution in [0.15, 0.2) is 48.5 Å². The average Bonchev–Trinajstić information content (AvgIpc) is 2.76. The van der Waals surface area contributed by atoms with Crippen LogP contribution in [0.1, 0.15) is 40.7 Å². The molecule has 0 radical (unpaired) electrons. The lowest BCUT2D eigenvalue weighted by Gasteiger charge is -2.30. The number of benzene rings is 2. The third-order valence-corrected chi connectivity index (χ3v) is 5.41. The molecule has 1 aliphatic heterocycles. The normalized spacial score (nSPS) is 15.1. The van der Waals surface area contributed by atoms with Gasteiger partial charge >= 0.3 is 6.18 Å². The summed E-state index contributed by atoms with van der Waals surface area (Å²) in [5.74, 6) is 0.517. The summed E-state index contributed by atoms with van der Waals surface area (Å²) in [6.07, 6.45) is -0.821. The molecule has 2 aromatic rings. The molecule has 1 saturated heterocycles. The molecular formula is C23H27F3N2O2. The lowest BCUT2D eigenvalue weighted by atomic mass is 10.1. The maximum Gasteiger partial charge on any atom is 0.416 e. The first kappa shape index (κ1) is 22.2. The molecule has 0 bridgehead atoms. The van der Waals surface area contributed by atoms with Crippen molar-refractivity contribution in [2.75, 3.05) is 33.3 Å². The van der Waals surface area contributed by atoms with Crippen LogP contribution in [-0.2, 0) is 12.7 Å². The van der Waals surface area contributed by atoms with E-state index >= 15 is 0 Å². The van der Waals surface area contributed by atoms with E-state index in [1.54, 1.807) is 36.3 Å². The van der Waals surface area contributed by atoms with Crippen LogP contribution in [0.4, 0.5) is 13.2 Å². The van der Waals surface area contributed by atoms with Crippen LogP contribution in [0.25, 0.3) is 0 Å². The van der Waals surface area contributed by atoms with Gasteiger partial charge in [0.2, 0.25) is 0 Å². The number of hydrogen-bond acceptors (Lipinski definition) is 3. The van der Waals surface area contributed by atoms with E-state index in [9.17, 15) is 18.0 Å². The van der Waals surface area contributed by atoms with E-state index in [0.717, 1.165) is 44.6 Å². The largest absolute Gasteiger partial charge is 0.497 e. The standard InChI is InChI=1S/C23H27F3N2O2/c1-30-21-11-7-19(8-12-21)22(29)28(16-15-27-13-3-2-4-14-27)17-18-5-9-20(10-6-18)23(24,25)26/h5-12H,2-4,13-17H2,1H3. The number of carbonyl (C=O) groups excluding carboxylic acids is 1. The SMILES string of the molecule is COc1ccc(C(=O)N(CCN2CCCCC2)Cc2ccc(C(F)(F)F)cc2)cc1. The fraction of sp³-hybridized carbons (Fsp3) is 0.435. The zero-order valence-corrected chi connectivity index (χ0v) is 17.1. The molecule has 1 fully saturated rings. The van der Waals surface area contributed by atoms with Crippen molar-refractivity contribution in [1.29, 1.82) is 0 Å². The van der Waals surface area contributed by atoms with Crippen molar-refractivity contribution in [3.05, 3.63) is 65.2 Å². The summed E-state index contributed by atoms with van der Waals surface area (Å²) in [5, 5.41) is 0. The number of hydrogen-bond donors (Lipinski definition) is 0. The highest BCUT2D eigenvalue weighted by atomic mass is 19.4. The zero-order valence-electron chi connectivity index (χ0n) is 17.1. The third kappa shape index (κ3) is 5.98. The zero-order chi connectivity index (χ0) is 21.6. The molecule has 4 nitrogen and oxygen atoms in total. The second-order valence-corrected chi connectivity index (χ2v) is 7.55. The van der Waals surface area contributed by atoms with Crippen molar-refractivity contribution in [3.8, 4) is 5.75 Å². The van der Waals surface area contributed by atoms with Crippen LogP contribution >= 0.6 is 0 Å². The molecule has 0 unspecified atom stereocenters. The van der Waals surface area contributed by atoms with E-state index in [-0.39, 0.29) is 12.5 Å². The molecule has 0 saturated carbocycles. The smallest absolute Gasteiger partial charge is 0.416 e. The Labute approximate surface area is 175 Å². The molecule has 0 atom stereocenters. The number of nitrogens with zero attached hydrogens (tertiary/aromatic N) is 2. The van der Waals surface area contributed by atoms with Crippen molar-refractivity contribution < 1.29 is 22.7 Å². The van der Waals surface area contributed by atoms with Gasteiger partial charge in [-0.1, -0.05) is 18.6 Å². The lowest BCUT2D eigenvalue weighted by Crippen LogP contribution is -2.40. The minimum absolute atomic E-state index is 0.144. The first-order valence-electron chi connectivity index (χ1n) is 10.2. The van der Waals surface area contributed by atoms with E-state index in [1.165, 1.54) is 18.6 Å². The van der Waals surface area contributed by atoms with Crippen molar-refractivity contribution in [2.45, 2.75) is 32.0 Å². The molecule has 30 heavy (non-hydrogen) atoms. The number of alkyl halides is 3. The van der Waals surface area contributed by atoms with E-state index < -0.39 is 11.7 Å². The van der Waals surface area contributed by atoms with Crippen molar-refractivity contribution in [1.82, 2.24) is 9.80 Å². The van der Waals surface area contributed by atoms with Gasteiger partial charge in [-0.15, -0.1) is 0 Å². The first-order chi connectivity index (χ1) is 14.4. The van der Waals surface area contributed by atoms with E-state index in [4.69, 9.17) is 4.74 Å². The van der Waals surface area contributed by atoms with Crippen LogP contribution < -0.4 is 4.74 Å². The molecule has 3 rings (SSSR count). The summed E-state index contributed by atoms with van der Waals surface area (Å²) >= 11 is 0. The Bertz CT molecular complexity index is 814. The van der Waals surface area contributed by atoms with Gasteiger partial charge in [-0.3, -0.25) is 4.79 Å². The van der Waals surface area contributed by atoms with E-state index in [0.29, 0.717) is 23.4 Å². The maximum atomic E-state index is 13.1. The number of amides is 1. The van der Waals surface area contributed by atoms with Gasteiger partial charge in [0.1, 0.15) is 5.75 Å². The monoisotopic (exact) mass is 420 g/mol. The first-order valence-corrected chi connectivity index (χ1v) is 10.2. The number of halogens is 3. The number of ether oxygens (including phenoxy) is 1. The topological polar surface area (TPSA) is 32.8 Å². The molecule has 0 N–H and O–H groups in total. The summed E-state index contributed by atoms with van der Waals surface area (Å²) in [6.45, 7) is 3.57. The molecule has 0 aliphatic carbocycles. The lowest BCUT2D eigenvalue weighted by molar-refractivity contribution is -0.137. The maximum absolute atomic E-state index is 13.1. The van der Waals surface area contributed by atoms with Crippen molar-refractivity contribution in [2.24, 2.45) is 0 Å².